The number of hydrogen-bond acceptors (Lipinski definition) is 9. The number of hydrogen-bond donors (Lipinski definition) is 3. The average molecular weight is 649 g/mol. The minimum atomic E-state index is -3.59. The summed E-state index contributed by atoms with van der Waals surface area (Å²) < 4.78 is 49.5. The van der Waals surface area contributed by atoms with Crippen molar-refractivity contribution in [2.45, 2.75) is 58.3 Å². The number of amides is 3. The second-order valence-corrected chi connectivity index (χ2v) is 13.5. The molecule has 4 rings (SSSR count). The number of nitrogens with one attached hydrogen (secondary N) is 2. The van der Waals surface area contributed by atoms with Crippen LogP contribution in [0.25, 0.3) is 0 Å². The molecule has 0 radical (unpaired) electrons. The molecule has 3 amide bonds. The molecule has 0 aliphatic carbocycles. The van der Waals surface area contributed by atoms with Crippen molar-refractivity contribution >= 4 is 33.3 Å². The summed E-state index contributed by atoms with van der Waals surface area (Å²) in [5, 5.41) is 13.0. The van der Waals surface area contributed by atoms with Gasteiger partial charge in [0.25, 0.3) is 5.91 Å². The lowest BCUT2D eigenvalue weighted by atomic mass is 10.0. The van der Waals surface area contributed by atoms with Gasteiger partial charge in [0.15, 0.2) is 11.5 Å². The topological polar surface area (TPSA) is 156 Å². The zero-order valence-corrected chi connectivity index (χ0v) is 27.3. The van der Waals surface area contributed by atoms with Gasteiger partial charge in [0, 0.05) is 50.1 Å². The average Bonchev–Trinajstić information content (AvgIpc) is 3.45. The van der Waals surface area contributed by atoms with Crippen molar-refractivity contribution in [1.82, 2.24) is 9.80 Å². The summed E-state index contributed by atoms with van der Waals surface area (Å²) >= 11 is 0. The number of sulfonamides is 1. The first-order valence-electron chi connectivity index (χ1n) is 15.1. The van der Waals surface area contributed by atoms with Crippen LogP contribution in [-0.2, 0) is 14.8 Å². The van der Waals surface area contributed by atoms with E-state index in [-0.39, 0.29) is 55.8 Å². The summed E-state index contributed by atoms with van der Waals surface area (Å²) in [5.74, 6) is 0.826. The predicted octanol–water partition coefficient (Wildman–Crippen LogP) is 3.75. The Kier molecular flexibility index (Phi) is 11.4. The third-order valence-electron chi connectivity index (χ3n) is 7.78. The third-order valence-corrected chi connectivity index (χ3v) is 8.39. The van der Waals surface area contributed by atoms with E-state index < -0.39 is 28.1 Å². The van der Waals surface area contributed by atoms with Crippen LogP contribution < -0.4 is 24.2 Å². The SMILES string of the molecule is C[C@H](CO)N1C[C@H](C)[C@H](CN(C)C(=O)Nc2ccc3c(c2)OCO3)OCCCC[C@H](C)Oc2ccc(NS(C)(=O)=O)cc2C1=O. The van der Waals surface area contributed by atoms with Gasteiger partial charge in [0.05, 0.1) is 36.7 Å². The monoisotopic (exact) mass is 648 g/mol. The number of nitrogens with zero attached hydrogens (tertiary/aromatic N) is 2. The first-order chi connectivity index (χ1) is 21.3. The van der Waals surface area contributed by atoms with E-state index >= 15 is 0 Å². The van der Waals surface area contributed by atoms with Crippen molar-refractivity contribution in [3.8, 4) is 17.2 Å². The zero-order chi connectivity index (χ0) is 32.7. The molecule has 13 nitrogen and oxygen atoms in total. The van der Waals surface area contributed by atoms with Gasteiger partial charge in [-0.15, -0.1) is 0 Å². The van der Waals surface area contributed by atoms with E-state index in [0.29, 0.717) is 36.0 Å². The van der Waals surface area contributed by atoms with Gasteiger partial charge in [-0.1, -0.05) is 6.92 Å². The van der Waals surface area contributed by atoms with E-state index in [1.54, 1.807) is 44.3 Å². The minimum Gasteiger partial charge on any atom is -0.490 e. The molecule has 2 heterocycles. The Labute approximate surface area is 264 Å². The minimum absolute atomic E-state index is 0.133. The lowest BCUT2D eigenvalue weighted by molar-refractivity contribution is -0.0115. The van der Waals surface area contributed by atoms with E-state index in [4.69, 9.17) is 18.9 Å². The molecular formula is C31H44N4O9S. The number of carbonyl (C=O) groups excluding carboxylic acids is 2. The first kappa shape index (κ1) is 34.1. The van der Waals surface area contributed by atoms with Crippen molar-refractivity contribution in [1.29, 1.82) is 0 Å². The number of carbonyl (C=O) groups is 2. The largest absolute Gasteiger partial charge is 0.490 e. The molecule has 0 unspecified atom stereocenters. The van der Waals surface area contributed by atoms with Crippen molar-refractivity contribution in [3.05, 3.63) is 42.0 Å². The molecule has 45 heavy (non-hydrogen) atoms. The fraction of sp³-hybridized carbons (Fsp3) is 0.548. The molecule has 2 aliphatic heterocycles. The molecular weight excluding hydrogens is 604 g/mol. The zero-order valence-electron chi connectivity index (χ0n) is 26.4. The van der Waals surface area contributed by atoms with Crippen LogP contribution in [0.1, 0.15) is 50.4 Å². The Morgan fingerprint density at radius 3 is 2.53 bits per heavy atom. The smallest absolute Gasteiger partial charge is 0.321 e. The number of aliphatic hydroxyl groups is 1. The van der Waals surface area contributed by atoms with Gasteiger partial charge in [0.2, 0.25) is 16.8 Å². The quantitative estimate of drug-likeness (QED) is 0.407. The van der Waals surface area contributed by atoms with Crippen LogP contribution in [0.3, 0.4) is 0 Å². The van der Waals surface area contributed by atoms with Gasteiger partial charge < -0.3 is 39.2 Å². The highest BCUT2D eigenvalue weighted by Gasteiger charge is 2.31. The van der Waals surface area contributed by atoms with Gasteiger partial charge in [-0.2, -0.15) is 0 Å². The summed E-state index contributed by atoms with van der Waals surface area (Å²) in [5.41, 5.74) is 0.963. The summed E-state index contributed by atoms with van der Waals surface area (Å²) in [6.45, 7) is 6.31. The highest BCUT2D eigenvalue weighted by atomic mass is 32.2. The Balaban J connectivity index is 1.57. The van der Waals surface area contributed by atoms with Crippen LogP contribution in [-0.4, -0.2) is 99.9 Å². The van der Waals surface area contributed by atoms with Crippen LogP contribution in [0, 0.1) is 5.92 Å². The van der Waals surface area contributed by atoms with Crippen molar-refractivity contribution in [2.24, 2.45) is 5.92 Å². The first-order valence-corrected chi connectivity index (χ1v) is 17.0. The lowest BCUT2D eigenvalue weighted by Crippen LogP contribution is -2.48. The van der Waals surface area contributed by atoms with Crippen molar-refractivity contribution in [3.63, 3.8) is 0 Å². The molecule has 0 spiro atoms. The van der Waals surface area contributed by atoms with Crippen LogP contribution in [0.2, 0.25) is 0 Å². The standard InChI is InChI=1S/C31H44N4O9S/c1-20-16-35(21(2)18-36)30(37)25-14-24(33-45(5,39)40)10-11-26(25)44-22(3)8-6-7-13-41-29(20)17-34(4)31(38)32-23-9-12-27-28(15-23)43-19-42-27/h9-12,14-15,20-22,29,33,36H,6-8,13,16-19H2,1-5H3,(H,32,38)/t20-,21+,22-,29-/m0/s1. The molecule has 2 aliphatic rings. The molecule has 0 bridgehead atoms. The van der Waals surface area contributed by atoms with Gasteiger partial charge in [-0.3, -0.25) is 9.52 Å². The van der Waals surface area contributed by atoms with E-state index in [2.05, 4.69) is 10.0 Å². The van der Waals surface area contributed by atoms with Gasteiger partial charge in [-0.05, 0) is 63.4 Å². The molecule has 0 aromatic heterocycles. The Hall–Kier alpha value is -3.75. The molecule has 2 aromatic rings. The summed E-state index contributed by atoms with van der Waals surface area (Å²) in [4.78, 5) is 30.3. The molecule has 3 N–H and O–H groups in total. The third kappa shape index (κ3) is 9.38. The number of fused-ring (bicyclic) bond motifs is 2. The van der Waals surface area contributed by atoms with Gasteiger partial charge >= 0.3 is 6.03 Å². The number of urea groups is 1. The molecule has 2 aromatic carbocycles. The number of aliphatic hydroxyl groups excluding tert-OH is 1. The number of rotatable bonds is 7. The van der Waals surface area contributed by atoms with Crippen molar-refractivity contribution in [2.75, 3.05) is 56.4 Å². The van der Waals surface area contributed by atoms with E-state index in [0.717, 1.165) is 19.1 Å². The van der Waals surface area contributed by atoms with E-state index in [9.17, 15) is 23.1 Å². The lowest BCUT2D eigenvalue weighted by Gasteiger charge is -2.35. The Morgan fingerprint density at radius 2 is 1.80 bits per heavy atom. The number of anilines is 2. The van der Waals surface area contributed by atoms with Crippen molar-refractivity contribution < 1.29 is 42.1 Å². The van der Waals surface area contributed by atoms with Gasteiger partial charge in [0.1, 0.15) is 5.75 Å². The second kappa shape index (κ2) is 15.0. The highest BCUT2D eigenvalue weighted by Crippen LogP contribution is 2.34. The van der Waals surface area contributed by atoms with E-state index in [1.807, 2.05) is 13.8 Å². The number of ether oxygens (including phenoxy) is 4. The molecule has 4 atom stereocenters. The molecule has 0 fully saturated rings. The molecule has 248 valence electrons. The predicted molar refractivity (Wildman–Crippen MR) is 170 cm³/mol. The summed E-state index contributed by atoms with van der Waals surface area (Å²) in [7, 11) is -1.92. The fourth-order valence-electron chi connectivity index (χ4n) is 5.21. The maximum absolute atomic E-state index is 14.1. The number of benzene rings is 2. The Bertz CT molecular complexity index is 1450. The molecule has 0 saturated heterocycles. The van der Waals surface area contributed by atoms with Crippen LogP contribution in [0.15, 0.2) is 36.4 Å². The second-order valence-electron chi connectivity index (χ2n) is 11.8. The number of likely N-dealkylation sites (N-methyl/N-ethyl adjacent to an activating group) is 1. The summed E-state index contributed by atoms with van der Waals surface area (Å²) in [6, 6.07) is 8.87. The highest BCUT2D eigenvalue weighted by molar-refractivity contribution is 7.92. The Morgan fingerprint density at radius 1 is 1.09 bits per heavy atom. The van der Waals surface area contributed by atoms with Crippen LogP contribution in [0.5, 0.6) is 17.2 Å². The normalized spacial score (nSPS) is 21.6. The maximum atomic E-state index is 14.1. The van der Waals surface area contributed by atoms with Gasteiger partial charge in [-0.25, -0.2) is 13.2 Å². The maximum Gasteiger partial charge on any atom is 0.321 e. The molecule has 0 saturated carbocycles. The van der Waals surface area contributed by atoms with Crippen LogP contribution in [0.4, 0.5) is 16.2 Å². The molecule has 14 heteroatoms. The fourth-order valence-corrected chi connectivity index (χ4v) is 5.76. The van der Waals surface area contributed by atoms with E-state index in [1.165, 1.54) is 15.9 Å². The summed E-state index contributed by atoms with van der Waals surface area (Å²) in [6.07, 6.45) is 2.66. The van der Waals surface area contributed by atoms with Crippen LogP contribution >= 0.6 is 0 Å².